The minimum Gasteiger partial charge on any atom is -0.383 e. The van der Waals surface area contributed by atoms with Crippen molar-refractivity contribution in [1.29, 1.82) is 0 Å². The monoisotopic (exact) mass is 340 g/mol. The van der Waals surface area contributed by atoms with Crippen LogP contribution in [0.2, 0.25) is 0 Å². The zero-order chi connectivity index (χ0) is 17.3. The Morgan fingerprint density at radius 3 is 2.52 bits per heavy atom. The lowest BCUT2D eigenvalue weighted by molar-refractivity contribution is 0.210. The number of hydrogen-bond donors (Lipinski definition) is 2. The van der Waals surface area contributed by atoms with Crippen LogP contribution in [-0.2, 0) is 4.74 Å². The van der Waals surface area contributed by atoms with Crippen molar-refractivity contribution < 1.29 is 4.74 Å². The van der Waals surface area contributed by atoms with Crippen LogP contribution in [0.3, 0.4) is 0 Å². The fraction of sp³-hybridized carbons (Fsp3) is 0.500. The van der Waals surface area contributed by atoms with Crippen molar-refractivity contribution >= 4 is 11.8 Å². The number of methoxy groups -OCH3 is 1. The average Bonchev–Trinajstić information content (AvgIpc) is 2.91. The van der Waals surface area contributed by atoms with Crippen LogP contribution >= 0.6 is 0 Å². The summed E-state index contributed by atoms with van der Waals surface area (Å²) < 4.78 is 5.12. The van der Waals surface area contributed by atoms with Gasteiger partial charge < -0.3 is 15.4 Å². The lowest BCUT2D eigenvalue weighted by Gasteiger charge is -2.17. The van der Waals surface area contributed by atoms with E-state index >= 15 is 0 Å². The maximum absolute atomic E-state index is 5.12. The van der Waals surface area contributed by atoms with Crippen LogP contribution in [0, 0.1) is 0 Å². The maximum Gasteiger partial charge on any atom is 0.225 e. The standard InChI is InChI=1S/C20H28N4O/c1-25-14-13-21-19-15-18(16-9-5-4-6-10-16)23-20(24-19)22-17-11-7-2-3-8-12-17/h4-6,9-10,15,17H,2-3,7-8,11-14H2,1H3,(H2,21,22,23,24). The first-order valence-electron chi connectivity index (χ1n) is 9.29. The zero-order valence-electron chi connectivity index (χ0n) is 15.0. The van der Waals surface area contributed by atoms with E-state index in [1.807, 2.05) is 24.3 Å². The number of nitrogens with one attached hydrogen (secondary N) is 2. The highest BCUT2D eigenvalue weighted by molar-refractivity contribution is 5.64. The molecule has 1 aliphatic carbocycles. The van der Waals surface area contributed by atoms with E-state index in [1.54, 1.807) is 7.11 Å². The van der Waals surface area contributed by atoms with E-state index in [1.165, 1.54) is 38.5 Å². The Morgan fingerprint density at radius 1 is 1.04 bits per heavy atom. The van der Waals surface area contributed by atoms with Crippen LogP contribution in [-0.4, -0.2) is 36.3 Å². The van der Waals surface area contributed by atoms with E-state index in [0.29, 0.717) is 18.6 Å². The Kier molecular flexibility index (Phi) is 6.63. The molecule has 1 aromatic carbocycles. The zero-order valence-corrected chi connectivity index (χ0v) is 15.0. The number of hydrogen-bond acceptors (Lipinski definition) is 5. The van der Waals surface area contributed by atoms with E-state index < -0.39 is 0 Å². The summed E-state index contributed by atoms with van der Waals surface area (Å²) in [4.78, 5) is 9.43. The molecule has 0 saturated heterocycles. The molecule has 5 nitrogen and oxygen atoms in total. The van der Waals surface area contributed by atoms with E-state index in [-0.39, 0.29) is 0 Å². The van der Waals surface area contributed by atoms with Gasteiger partial charge in [-0.25, -0.2) is 4.98 Å². The van der Waals surface area contributed by atoms with Crippen LogP contribution < -0.4 is 10.6 Å². The molecule has 1 aromatic heterocycles. The van der Waals surface area contributed by atoms with Crippen molar-refractivity contribution in [1.82, 2.24) is 9.97 Å². The predicted molar refractivity (Wildman–Crippen MR) is 103 cm³/mol. The largest absolute Gasteiger partial charge is 0.383 e. The first kappa shape index (κ1) is 17.7. The van der Waals surface area contributed by atoms with Gasteiger partial charge in [-0.15, -0.1) is 0 Å². The van der Waals surface area contributed by atoms with Gasteiger partial charge in [0.1, 0.15) is 5.82 Å². The number of nitrogens with zero attached hydrogens (tertiary/aromatic N) is 2. The van der Waals surface area contributed by atoms with E-state index in [0.717, 1.165) is 23.6 Å². The van der Waals surface area contributed by atoms with Crippen molar-refractivity contribution in [3.63, 3.8) is 0 Å². The fourth-order valence-electron chi connectivity index (χ4n) is 3.25. The summed E-state index contributed by atoms with van der Waals surface area (Å²) in [5, 5.41) is 6.90. The molecular formula is C20H28N4O. The Labute approximate surface area is 150 Å². The summed E-state index contributed by atoms with van der Waals surface area (Å²) >= 11 is 0. The predicted octanol–water partition coefficient (Wildman–Crippen LogP) is 4.34. The van der Waals surface area contributed by atoms with Crippen LogP contribution in [0.5, 0.6) is 0 Å². The number of anilines is 2. The molecule has 134 valence electrons. The summed E-state index contributed by atoms with van der Waals surface area (Å²) in [6.07, 6.45) is 7.65. The summed E-state index contributed by atoms with van der Waals surface area (Å²) in [5.41, 5.74) is 2.04. The van der Waals surface area contributed by atoms with Gasteiger partial charge in [-0.1, -0.05) is 56.0 Å². The van der Waals surface area contributed by atoms with Gasteiger partial charge in [0.2, 0.25) is 5.95 Å². The minimum absolute atomic E-state index is 0.473. The number of aromatic nitrogens is 2. The molecule has 1 heterocycles. The molecule has 0 radical (unpaired) electrons. The highest BCUT2D eigenvalue weighted by atomic mass is 16.5. The molecule has 0 unspecified atom stereocenters. The number of benzene rings is 1. The number of rotatable bonds is 7. The van der Waals surface area contributed by atoms with Gasteiger partial charge in [-0.3, -0.25) is 0 Å². The van der Waals surface area contributed by atoms with Crippen molar-refractivity contribution in [3.8, 4) is 11.3 Å². The quantitative estimate of drug-likeness (QED) is 0.580. The van der Waals surface area contributed by atoms with Gasteiger partial charge in [0.25, 0.3) is 0 Å². The molecule has 2 aromatic rings. The van der Waals surface area contributed by atoms with E-state index in [2.05, 4.69) is 27.8 Å². The second kappa shape index (κ2) is 9.37. The number of ether oxygens (including phenoxy) is 1. The lowest BCUT2D eigenvalue weighted by Crippen LogP contribution is -2.20. The van der Waals surface area contributed by atoms with Gasteiger partial charge in [0.05, 0.1) is 12.3 Å². The molecular weight excluding hydrogens is 312 g/mol. The Morgan fingerprint density at radius 2 is 1.80 bits per heavy atom. The average molecular weight is 340 g/mol. The molecule has 0 bridgehead atoms. The van der Waals surface area contributed by atoms with Crippen molar-refractivity contribution in [2.75, 3.05) is 30.9 Å². The maximum atomic E-state index is 5.12. The molecule has 2 N–H and O–H groups in total. The highest BCUT2D eigenvalue weighted by Gasteiger charge is 2.14. The molecule has 25 heavy (non-hydrogen) atoms. The fourth-order valence-corrected chi connectivity index (χ4v) is 3.25. The first-order chi connectivity index (χ1) is 12.3. The van der Waals surface area contributed by atoms with Crippen molar-refractivity contribution in [2.45, 2.75) is 44.6 Å². The summed E-state index contributed by atoms with van der Waals surface area (Å²) in [6, 6.07) is 12.7. The molecule has 3 rings (SSSR count). The molecule has 0 atom stereocenters. The second-order valence-corrected chi connectivity index (χ2v) is 6.58. The third kappa shape index (κ3) is 5.43. The van der Waals surface area contributed by atoms with Gasteiger partial charge in [0.15, 0.2) is 0 Å². The van der Waals surface area contributed by atoms with Gasteiger partial charge in [-0.05, 0) is 12.8 Å². The molecule has 0 amide bonds. The lowest BCUT2D eigenvalue weighted by atomic mass is 10.1. The Bertz CT molecular complexity index is 639. The third-order valence-electron chi connectivity index (χ3n) is 4.60. The minimum atomic E-state index is 0.473. The van der Waals surface area contributed by atoms with Crippen LogP contribution in [0.4, 0.5) is 11.8 Å². The molecule has 1 saturated carbocycles. The van der Waals surface area contributed by atoms with E-state index in [4.69, 9.17) is 9.72 Å². The topological polar surface area (TPSA) is 59.1 Å². The highest BCUT2D eigenvalue weighted by Crippen LogP contribution is 2.24. The summed E-state index contributed by atoms with van der Waals surface area (Å²) in [6.45, 7) is 1.38. The summed E-state index contributed by atoms with van der Waals surface area (Å²) in [7, 11) is 1.70. The SMILES string of the molecule is COCCNc1cc(-c2ccccc2)nc(NC2CCCCCC2)n1. The van der Waals surface area contributed by atoms with Crippen LogP contribution in [0.15, 0.2) is 36.4 Å². The Hall–Kier alpha value is -2.14. The van der Waals surface area contributed by atoms with Crippen molar-refractivity contribution in [3.05, 3.63) is 36.4 Å². The molecule has 1 aliphatic rings. The molecule has 1 fully saturated rings. The Balaban J connectivity index is 1.81. The van der Waals surface area contributed by atoms with Crippen LogP contribution in [0.25, 0.3) is 11.3 Å². The van der Waals surface area contributed by atoms with Crippen molar-refractivity contribution in [2.24, 2.45) is 0 Å². The third-order valence-corrected chi connectivity index (χ3v) is 4.60. The molecule has 0 aliphatic heterocycles. The van der Waals surface area contributed by atoms with Crippen LogP contribution in [0.1, 0.15) is 38.5 Å². The molecule has 5 heteroatoms. The summed E-state index contributed by atoms with van der Waals surface area (Å²) in [5.74, 6) is 1.55. The van der Waals surface area contributed by atoms with Gasteiger partial charge in [0, 0.05) is 31.3 Å². The van der Waals surface area contributed by atoms with Gasteiger partial charge in [-0.2, -0.15) is 4.98 Å². The first-order valence-corrected chi connectivity index (χ1v) is 9.29. The molecule has 0 spiro atoms. The van der Waals surface area contributed by atoms with Gasteiger partial charge >= 0.3 is 0 Å². The normalized spacial score (nSPS) is 15.6. The smallest absolute Gasteiger partial charge is 0.225 e. The second-order valence-electron chi connectivity index (χ2n) is 6.58. The van der Waals surface area contributed by atoms with E-state index in [9.17, 15) is 0 Å².